The van der Waals surface area contributed by atoms with E-state index in [1.165, 1.54) is 0 Å². The summed E-state index contributed by atoms with van der Waals surface area (Å²) in [7, 11) is 0. The van der Waals surface area contributed by atoms with E-state index in [1.807, 2.05) is 61.5 Å². The third-order valence-corrected chi connectivity index (χ3v) is 3.68. The van der Waals surface area contributed by atoms with Crippen LogP contribution in [-0.2, 0) is 11.2 Å². The fraction of sp³-hybridized carbons (Fsp3) is 0.278. The van der Waals surface area contributed by atoms with Gasteiger partial charge in [-0.1, -0.05) is 42.5 Å². The number of nitrogens with one attached hydrogen (secondary N) is 1. The Kier molecular flexibility index (Phi) is 4.28. The van der Waals surface area contributed by atoms with Crippen molar-refractivity contribution in [2.24, 2.45) is 0 Å². The molecule has 0 saturated heterocycles. The predicted molar refractivity (Wildman–Crippen MR) is 84.1 cm³/mol. The van der Waals surface area contributed by atoms with E-state index < -0.39 is 0 Å². The molecule has 1 aliphatic rings. The molecule has 2 aromatic carbocycles. The fourth-order valence-corrected chi connectivity index (χ4v) is 2.46. The third-order valence-electron chi connectivity index (χ3n) is 3.68. The van der Waals surface area contributed by atoms with E-state index in [-0.39, 0.29) is 18.1 Å². The van der Waals surface area contributed by atoms with Crippen LogP contribution in [0.15, 0.2) is 54.6 Å². The van der Waals surface area contributed by atoms with Gasteiger partial charge < -0.3 is 14.8 Å². The van der Waals surface area contributed by atoms with Gasteiger partial charge in [0, 0.05) is 0 Å². The molecule has 0 saturated carbocycles. The quantitative estimate of drug-likeness (QED) is 0.943. The molecule has 0 spiro atoms. The van der Waals surface area contributed by atoms with E-state index in [1.54, 1.807) is 0 Å². The van der Waals surface area contributed by atoms with Crippen LogP contribution in [0.1, 0.15) is 12.5 Å². The fourth-order valence-electron chi connectivity index (χ4n) is 2.46. The molecule has 1 N–H and O–H groups in total. The van der Waals surface area contributed by atoms with Crippen LogP contribution in [0, 0.1) is 0 Å². The highest BCUT2D eigenvalue weighted by atomic mass is 16.6. The largest absolute Gasteiger partial charge is 0.486 e. The van der Waals surface area contributed by atoms with Gasteiger partial charge in [-0.2, -0.15) is 0 Å². The second-order valence-electron chi connectivity index (χ2n) is 5.43. The first-order valence-corrected chi connectivity index (χ1v) is 7.44. The lowest BCUT2D eigenvalue weighted by molar-refractivity contribution is -0.121. The van der Waals surface area contributed by atoms with E-state index >= 15 is 0 Å². The van der Waals surface area contributed by atoms with E-state index in [0.717, 1.165) is 17.1 Å². The van der Waals surface area contributed by atoms with Crippen LogP contribution in [0.2, 0.25) is 0 Å². The Morgan fingerprint density at radius 2 is 1.82 bits per heavy atom. The van der Waals surface area contributed by atoms with E-state index in [9.17, 15) is 4.79 Å². The first-order chi connectivity index (χ1) is 10.7. The minimum atomic E-state index is -0.186. The first-order valence-electron chi connectivity index (χ1n) is 7.44. The van der Waals surface area contributed by atoms with Crippen LogP contribution in [-0.4, -0.2) is 24.7 Å². The van der Waals surface area contributed by atoms with Crippen molar-refractivity contribution in [1.82, 2.24) is 5.32 Å². The molecule has 114 valence electrons. The molecule has 0 radical (unpaired) electrons. The second kappa shape index (κ2) is 6.52. The molecule has 2 atom stereocenters. The average Bonchev–Trinajstić information content (AvgIpc) is 2.55. The maximum atomic E-state index is 12.1. The first kappa shape index (κ1) is 14.4. The molecule has 2 aromatic rings. The molecule has 1 aliphatic heterocycles. The van der Waals surface area contributed by atoms with Gasteiger partial charge >= 0.3 is 0 Å². The zero-order valence-electron chi connectivity index (χ0n) is 12.5. The van der Waals surface area contributed by atoms with Gasteiger partial charge in [0.2, 0.25) is 5.91 Å². The summed E-state index contributed by atoms with van der Waals surface area (Å²) in [5.74, 6) is 1.46. The summed E-state index contributed by atoms with van der Waals surface area (Å²) in [6.45, 7) is 2.37. The normalized spacial score (nSPS) is 17.6. The number of benzene rings is 2. The van der Waals surface area contributed by atoms with Gasteiger partial charge in [-0.15, -0.1) is 0 Å². The molecule has 1 amide bonds. The summed E-state index contributed by atoms with van der Waals surface area (Å²) >= 11 is 0. The van der Waals surface area contributed by atoms with Crippen LogP contribution in [0.3, 0.4) is 0 Å². The molecular weight excluding hydrogens is 278 g/mol. The molecule has 1 heterocycles. The van der Waals surface area contributed by atoms with E-state index in [4.69, 9.17) is 9.47 Å². The standard InChI is InChI=1S/C18H19NO3/c1-13(19-18(20)11-14-7-3-2-4-8-14)17-12-21-15-9-5-6-10-16(15)22-17/h2-10,13,17H,11-12H2,1H3,(H,19,20)/t13-,17+/m0/s1. The molecule has 3 rings (SSSR count). The number of carbonyl (C=O) groups is 1. The van der Waals surface area contributed by atoms with Crippen molar-refractivity contribution in [2.75, 3.05) is 6.61 Å². The van der Waals surface area contributed by atoms with Crippen molar-refractivity contribution in [3.63, 3.8) is 0 Å². The molecule has 0 aliphatic carbocycles. The minimum Gasteiger partial charge on any atom is -0.486 e. The van der Waals surface area contributed by atoms with Gasteiger partial charge in [0.15, 0.2) is 17.6 Å². The Morgan fingerprint density at radius 1 is 1.14 bits per heavy atom. The number of ether oxygens (including phenoxy) is 2. The van der Waals surface area contributed by atoms with Crippen molar-refractivity contribution in [2.45, 2.75) is 25.5 Å². The number of hydrogen-bond donors (Lipinski definition) is 1. The molecule has 0 bridgehead atoms. The summed E-state index contributed by atoms with van der Waals surface area (Å²) < 4.78 is 11.6. The van der Waals surface area contributed by atoms with Crippen LogP contribution < -0.4 is 14.8 Å². The number of rotatable bonds is 4. The summed E-state index contributed by atoms with van der Waals surface area (Å²) in [6.07, 6.45) is 0.185. The Bertz CT molecular complexity index is 642. The van der Waals surface area contributed by atoms with Gasteiger partial charge in [0.25, 0.3) is 0 Å². The van der Waals surface area contributed by atoms with Crippen molar-refractivity contribution in [1.29, 1.82) is 0 Å². The molecule has 0 fully saturated rings. The summed E-state index contributed by atoms with van der Waals surface area (Å²) in [5.41, 5.74) is 0.998. The van der Waals surface area contributed by atoms with Gasteiger partial charge in [0.1, 0.15) is 6.61 Å². The van der Waals surface area contributed by atoms with Crippen molar-refractivity contribution in [3.05, 3.63) is 60.2 Å². The summed E-state index contributed by atoms with van der Waals surface area (Å²) in [5, 5.41) is 2.98. The van der Waals surface area contributed by atoms with Crippen molar-refractivity contribution >= 4 is 5.91 Å². The van der Waals surface area contributed by atoms with Crippen LogP contribution >= 0.6 is 0 Å². The van der Waals surface area contributed by atoms with Gasteiger partial charge in [-0.25, -0.2) is 0 Å². The highest BCUT2D eigenvalue weighted by molar-refractivity contribution is 5.78. The van der Waals surface area contributed by atoms with E-state index in [2.05, 4.69) is 5.32 Å². The van der Waals surface area contributed by atoms with Crippen LogP contribution in [0.4, 0.5) is 0 Å². The van der Waals surface area contributed by atoms with E-state index in [0.29, 0.717) is 13.0 Å². The number of para-hydroxylation sites is 2. The molecule has 0 unspecified atom stereocenters. The predicted octanol–water partition coefficient (Wildman–Crippen LogP) is 2.57. The summed E-state index contributed by atoms with van der Waals surface area (Å²) in [6, 6.07) is 17.1. The molecular formula is C18H19NO3. The van der Waals surface area contributed by atoms with Gasteiger partial charge in [-0.05, 0) is 24.6 Å². The lowest BCUT2D eigenvalue weighted by atomic mass is 10.1. The van der Waals surface area contributed by atoms with Gasteiger partial charge in [0.05, 0.1) is 12.5 Å². The maximum Gasteiger partial charge on any atom is 0.224 e. The monoisotopic (exact) mass is 297 g/mol. The smallest absolute Gasteiger partial charge is 0.224 e. The third kappa shape index (κ3) is 3.39. The average molecular weight is 297 g/mol. The van der Waals surface area contributed by atoms with Crippen molar-refractivity contribution in [3.8, 4) is 11.5 Å². The Hall–Kier alpha value is -2.49. The number of hydrogen-bond acceptors (Lipinski definition) is 3. The molecule has 0 aromatic heterocycles. The minimum absolute atomic E-state index is 0.0128. The summed E-state index contributed by atoms with van der Waals surface area (Å²) in [4.78, 5) is 12.1. The molecule has 22 heavy (non-hydrogen) atoms. The highest BCUT2D eigenvalue weighted by Gasteiger charge is 2.26. The highest BCUT2D eigenvalue weighted by Crippen LogP contribution is 2.31. The molecule has 4 heteroatoms. The number of amides is 1. The zero-order chi connectivity index (χ0) is 15.4. The van der Waals surface area contributed by atoms with Crippen LogP contribution in [0.5, 0.6) is 11.5 Å². The zero-order valence-corrected chi connectivity index (χ0v) is 12.5. The number of carbonyl (C=O) groups excluding carboxylic acids is 1. The topological polar surface area (TPSA) is 47.6 Å². The Labute approximate surface area is 130 Å². The van der Waals surface area contributed by atoms with Gasteiger partial charge in [-0.3, -0.25) is 4.79 Å². The Balaban J connectivity index is 1.56. The second-order valence-corrected chi connectivity index (χ2v) is 5.43. The Morgan fingerprint density at radius 3 is 2.59 bits per heavy atom. The number of fused-ring (bicyclic) bond motifs is 1. The SMILES string of the molecule is C[C@H](NC(=O)Cc1ccccc1)[C@H]1COc2ccccc2O1. The maximum absolute atomic E-state index is 12.1. The molecule has 4 nitrogen and oxygen atoms in total. The lowest BCUT2D eigenvalue weighted by Gasteiger charge is -2.30. The van der Waals surface area contributed by atoms with Crippen molar-refractivity contribution < 1.29 is 14.3 Å². The van der Waals surface area contributed by atoms with Crippen LogP contribution in [0.25, 0.3) is 0 Å². The lowest BCUT2D eigenvalue weighted by Crippen LogP contribution is -2.48.